The molecule has 2 rings (SSSR count). The summed E-state index contributed by atoms with van der Waals surface area (Å²) in [4.78, 5) is 23.4. The number of carboxylic acid groups (broad SMARTS) is 1. The van der Waals surface area contributed by atoms with E-state index >= 15 is 0 Å². The Balaban J connectivity index is 2.14. The van der Waals surface area contributed by atoms with Crippen LogP contribution in [0.15, 0.2) is 30.4 Å². The normalized spacial score (nSPS) is 21.5. The molecule has 2 N–H and O–H groups in total. The van der Waals surface area contributed by atoms with Crippen molar-refractivity contribution in [3.05, 3.63) is 40.9 Å². The molecule has 1 amide bonds. The number of rotatable bonds is 3. The third kappa shape index (κ3) is 3.20. The summed E-state index contributed by atoms with van der Waals surface area (Å²) in [5.74, 6) is -2.48. The fourth-order valence-electron chi connectivity index (χ4n) is 2.32. The second-order valence-electron chi connectivity index (χ2n) is 4.97. The van der Waals surface area contributed by atoms with Crippen LogP contribution in [0.5, 0.6) is 0 Å². The fraction of sp³-hybridized carbons (Fsp3) is 0.333. The van der Waals surface area contributed by atoms with Crippen molar-refractivity contribution in [3.8, 4) is 0 Å². The number of benzene rings is 1. The van der Waals surface area contributed by atoms with Crippen molar-refractivity contribution in [1.82, 2.24) is 0 Å². The molecule has 0 saturated carbocycles. The number of carboxylic acids is 1. The Morgan fingerprint density at radius 3 is 2.50 bits per heavy atom. The summed E-state index contributed by atoms with van der Waals surface area (Å²) in [6.07, 6.45) is 4.48. The number of allylic oxidation sites excluding steroid dienone is 2. The monoisotopic (exact) mass is 293 g/mol. The Kier molecular flexibility index (Phi) is 4.45. The van der Waals surface area contributed by atoms with Crippen LogP contribution in [0.1, 0.15) is 18.4 Å². The van der Waals surface area contributed by atoms with Gasteiger partial charge in [0.15, 0.2) is 0 Å². The lowest BCUT2D eigenvalue weighted by Gasteiger charge is -2.24. The summed E-state index contributed by atoms with van der Waals surface area (Å²) in [7, 11) is 0. The molecule has 0 bridgehead atoms. The zero-order chi connectivity index (χ0) is 14.7. The number of carbonyl (C=O) groups excluding carboxylic acids is 1. The first kappa shape index (κ1) is 14.6. The number of carbonyl (C=O) groups is 2. The quantitative estimate of drug-likeness (QED) is 0.841. The van der Waals surface area contributed by atoms with Crippen LogP contribution in [0.3, 0.4) is 0 Å². The highest BCUT2D eigenvalue weighted by molar-refractivity contribution is 6.33. The first-order valence-corrected chi connectivity index (χ1v) is 6.81. The van der Waals surface area contributed by atoms with E-state index in [1.807, 2.05) is 19.1 Å². The maximum Gasteiger partial charge on any atom is 0.307 e. The van der Waals surface area contributed by atoms with Crippen LogP contribution in [0, 0.1) is 18.8 Å². The minimum Gasteiger partial charge on any atom is -0.481 e. The lowest BCUT2D eigenvalue weighted by Crippen LogP contribution is -2.34. The zero-order valence-electron chi connectivity index (χ0n) is 11.1. The molecule has 0 radical (unpaired) electrons. The van der Waals surface area contributed by atoms with Gasteiger partial charge in [-0.25, -0.2) is 0 Å². The van der Waals surface area contributed by atoms with Crippen LogP contribution in [0.4, 0.5) is 5.69 Å². The van der Waals surface area contributed by atoms with Crippen molar-refractivity contribution in [2.24, 2.45) is 11.8 Å². The third-order valence-corrected chi connectivity index (χ3v) is 3.78. The van der Waals surface area contributed by atoms with Crippen molar-refractivity contribution in [2.75, 3.05) is 5.32 Å². The summed E-state index contributed by atoms with van der Waals surface area (Å²) in [5, 5.41) is 12.4. The van der Waals surface area contributed by atoms with Gasteiger partial charge in [0.1, 0.15) is 0 Å². The molecule has 1 aromatic rings. The Bertz CT molecular complexity index is 568. The second kappa shape index (κ2) is 6.09. The largest absolute Gasteiger partial charge is 0.481 e. The predicted molar refractivity (Wildman–Crippen MR) is 77.8 cm³/mol. The van der Waals surface area contributed by atoms with E-state index in [2.05, 4.69) is 5.32 Å². The van der Waals surface area contributed by atoms with Crippen LogP contribution in [-0.2, 0) is 9.59 Å². The highest BCUT2D eigenvalue weighted by Gasteiger charge is 2.34. The molecule has 1 aliphatic carbocycles. The Morgan fingerprint density at radius 1 is 1.25 bits per heavy atom. The number of nitrogens with one attached hydrogen (secondary N) is 1. The minimum atomic E-state index is -0.940. The van der Waals surface area contributed by atoms with E-state index in [0.29, 0.717) is 23.6 Å². The molecule has 20 heavy (non-hydrogen) atoms. The standard InChI is InChI=1S/C15H16ClNO3/c1-9-6-7-13(12(16)8-9)17-14(18)10-4-2-3-5-11(10)15(19)20/h2-3,6-8,10-11H,4-5H2,1H3,(H,17,18)(H,19,20). The zero-order valence-corrected chi connectivity index (χ0v) is 11.9. The van der Waals surface area contributed by atoms with Crippen molar-refractivity contribution >= 4 is 29.2 Å². The molecule has 2 atom stereocenters. The molecule has 0 aliphatic heterocycles. The molecular weight excluding hydrogens is 278 g/mol. The Hall–Kier alpha value is -1.81. The van der Waals surface area contributed by atoms with E-state index in [1.165, 1.54) is 0 Å². The van der Waals surface area contributed by atoms with Gasteiger partial charge in [-0.3, -0.25) is 9.59 Å². The number of aliphatic carboxylic acids is 1. The van der Waals surface area contributed by atoms with Crippen molar-refractivity contribution < 1.29 is 14.7 Å². The SMILES string of the molecule is Cc1ccc(NC(=O)C2CC=CCC2C(=O)O)c(Cl)c1. The third-order valence-electron chi connectivity index (χ3n) is 3.47. The first-order valence-electron chi connectivity index (χ1n) is 6.44. The topological polar surface area (TPSA) is 66.4 Å². The van der Waals surface area contributed by atoms with Gasteiger partial charge in [-0.2, -0.15) is 0 Å². The lowest BCUT2D eigenvalue weighted by molar-refractivity contribution is -0.146. The summed E-state index contributed by atoms with van der Waals surface area (Å²) < 4.78 is 0. The van der Waals surface area contributed by atoms with Gasteiger partial charge >= 0.3 is 5.97 Å². The van der Waals surface area contributed by atoms with Gasteiger partial charge in [-0.1, -0.05) is 29.8 Å². The van der Waals surface area contributed by atoms with Crippen molar-refractivity contribution in [1.29, 1.82) is 0 Å². The van der Waals surface area contributed by atoms with Gasteiger partial charge < -0.3 is 10.4 Å². The van der Waals surface area contributed by atoms with E-state index in [-0.39, 0.29) is 5.91 Å². The number of halogens is 1. The number of hydrogen-bond acceptors (Lipinski definition) is 2. The van der Waals surface area contributed by atoms with Crippen LogP contribution in [-0.4, -0.2) is 17.0 Å². The molecule has 106 valence electrons. The highest BCUT2D eigenvalue weighted by atomic mass is 35.5. The number of aryl methyl sites for hydroxylation is 1. The summed E-state index contributed by atoms with van der Waals surface area (Å²) in [6.45, 7) is 1.91. The maximum atomic E-state index is 12.3. The molecule has 0 fully saturated rings. The molecule has 0 spiro atoms. The average Bonchev–Trinajstić information content (AvgIpc) is 2.41. The van der Waals surface area contributed by atoms with Crippen LogP contribution in [0.25, 0.3) is 0 Å². The first-order chi connectivity index (χ1) is 9.49. The molecule has 4 nitrogen and oxygen atoms in total. The average molecular weight is 294 g/mol. The maximum absolute atomic E-state index is 12.3. The van der Waals surface area contributed by atoms with Gasteiger partial charge in [0.2, 0.25) is 5.91 Å². The lowest BCUT2D eigenvalue weighted by atomic mass is 9.82. The van der Waals surface area contributed by atoms with Gasteiger partial charge in [0, 0.05) is 0 Å². The molecule has 0 saturated heterocycles. The number of amides is 1. The molecule has 0 aromatic heterocycles. The smallest absolute Gasteiger partial charge is 0.307 e. The number of hydrogen-bond donors (Lipinski definition) is 2. The van der Waals surface area contributed by atoms with Crippen molar-refractivity contribution in [3.63, 3.8) is 0 Å². The van der Waals surface area contributed by atoms with E-state index in [0.717, 1.165) is 5.56 Å². The van der Waals surface area contributed by atoms with Gasteiger partial charge in [-0.15, -0.1) is 0 Å². The van der Waals surface area contributed by atoms with E-state index in [4.69, 9.17) is 11.6 Å². The summed E-state index contributed by atoms with van der Waals surface area (Å²) in [5.41, 5.74) is 1.51. The van der Waals surface area contributed by atoms with Crippen molar-refractivity contribution in [2.45, 2.75) is 19.8 Å². The fourth-order valence-corrected chi connectivity index (χ4v) is 2.61. The van der Waals surface area contributed by atoms with Gasteiger partial charge in [0.25, 0.3) is 0 Å². The van der Waals surface area contributed by atoms with Gasteiger partial charge in [-0.05, 0) is 37.5 Å². The van der Waals surface area contributed by atoms with E-state index in [9.17, 15) is 14.7 Å². The molecular formula is C15H16ClNO3. The highest BCUT2D eigenvalue weighted by Crippen LogP contribution is 2.29. The van der Waals surface area contributed by atoms with Crippen LogP contribution >= 0.6 is 11.6 Å². The van der Waals surface area contributed by atoms with E-state index < -0.39 is 17.8 Å². The predicted octanol–water partition coefficient (Wildman–Crippen LogP) is 3.25. The van der Waals surface area contributed by atoms with Gasteiger partial charge in [0.05, 0.1) is 22.5 Å². The Labute approximate surface area is 122 Å². The molecule has 1 aliphatic rings. The minimum absolute atomic E-state index is 0.299. The Morgan fingerprint density at radius 2 is 1.90 bits per heavy atom. The molecule has 2 unspecified atom stereocenters. The van der Waals surface area contributed by atoms with Crippen LogP contribution in [0.2, 0.25) is 5.02 Å². The van der Waals surface area contributed by atoms with Crippen LogP contribution < -0.4 is 5.32 Å². The molecule has 1 aromatic carbocycles. The summed E-state index contributed by atoms with van der Waals surface area (Å²) in [6, 6.07) is 5.33. The summed E-state index contributed by atoms with van der Waals surface area (Å²) >= 11 is 6.07. The second-order valence-corrected chi connectivity index (χ2v) is 5.37. The van der Waals surface area contributed by atoms with E-state index in [1.54, 1.807) is 18.2 Å². The molecule has 0 heterocycles. The number of anilines is 1. The molecule has 5 heteroatoms.